The van der Waals surface area contributed by atoms with E-state index in [-0.39, 0.29) is 23.1 Å². The van der Waals surface area contributed by atoms with Gasteiger partial charge in [-0.2, -0.15) is 5.06 Å². The van der Waals surface area contributed by atoms with E-state index >= 15 is 0 Å². The Kier molecular flexibility index (Phi) is 10.5. The average molecular weight is 520 g/mol. The molecule has 4 atom stereocenters. The van der Waals surface area contributed by atoms with Crippen LogP contribution in [0, 0.1) is 17.8 Å². The van der Waals surface area contributed by atoms with Crippen LogP contribution in [0.25, 0.3) is 0 Å². The molecule has 0 aromatic heterocycles. The number of piperidine rings is 1. The maximum absolute atomic E-state index is 6.74. The molecule has 0 saturated carbocycles. The van der Waals surface area contributed by atoms with Crippen molar-refractivity contribution >= 4 is 0 Å². The van der Waals surface area contributed by atoms with E-state index in [0.29, 0.717) is 38.3 Å². The minimum atomic E-state index is -0.634. The molecule has 1 aromatic carbocycles. The van der Waals surface area contributed by atoms with Gasteiger partial charge in [-0.3, -0.25) is 4.84 Å². The summed E-state index contributed by atoms with van der Waals surface area (Å²) in [5.41, 5.74) is 0.791. The van der Waals surface area contributed by atoms with Crippen LogP contribution < -0.4 is 4.74 Å². The standard InChI is InChI=1S/C31H53NO5/c1-10-29(8)22-31(35-18-23(3)4,36-19-24(5)6)25(7)30(9,11-2)32(29)37-17-16-26-12-14-27(15-13-26)33-20-28-21-34-28/h12-15,23-25,28H,10-11,16-22H2,1-9H3. The second-order valence-corrected chi connectivity index (χ2v) is 12.5. The summed E-state index contributed by atoms with van der Waals surface area (Å²) in [7, 11) is 0. The van der Waals surface area contributed by atoms with Crippen LogP contribution in [-0.2, 0) is 25.5 Å². The summed E-state index contributed by atoms with van der Waals surface area (Å²) in [5.74, 6) is 1.28. The van der Waals surface area contributed by atoms with Gasteiger partial charge in [0.1, 0.15) is 18.5 Å². The molecule has 6 heteroatoms. The van der Waals surface area contributed by atoms with Crippen molar-refractivity contribution in [1.82, 2.24) is 5.06 Å². The molecule has 0 aliphatic carbocycles. The fourth-order valence-electron chi connectivity index (χ4n) is 5.41. The Morgan fingerprint density at radius 1 is 0.973 bits per heavy atom. The van der Waals surface area contributed by atoms with Crippen LogP contribution in [0.1, 0.15) is 87.1 Å². The zero-order chi connectivity index (χ0) is 27.3. The third-order valence-electron chi connectivity index (χ3n) is 8.35. The number of nitrogens with zero attached hydrogens (tertiary/aromatic N) is 1. The van der Waals surface area contributed by atoms with E-state index in [4.69, 9.17) is 23.8 Å². The van der Waals surface area contributed by atoms with Crippen LogP contribution >= 0.6 is 0 Å². The number of rotatable bonds is 15. The van der Waals surface area contributed by atoms with Crippen molar-refractivity contribution in [2.45, 2.75) is 111 Å². The molecule has 1 aromatic rings. The van der Waals surface area contributed by atoms with E-state index in [2.05, 4.69) is 79.5 Å². The van der Waals surface area contributed by atoms with Crippen LogP contribution in [0.5, 0.6) is 5.75 Å². The first kappa shape index (κ1) is 30.4. The number of hydrogen-bond donors (Lipinski definition) is 0. The molecular formula is C31H53NO5. The maximum Gasteiger partial charge on any atom is 0.174 e. The summed E-state index contributed by atoms with van der Waals surface area (Å²) in [6.45, 7) is 23.7. The van der Waals surface area contributed by atoms with Crippen LogP contribution in [0.15, 0.2) is 24.3 Å². The van der Waals surface area contributed by atoms with Crippen LogP contribution in [0.2, 0.25) is 0 Å². The average Bonchev–Trinajstić information content (AvgIpc) is 3.71. The molecule has 4 unspecified atom stereocenters. The zero-order valence-corrected chi connectivity index (χ0v) is 25.0. The van der Waals surface area contributed by atoms with Gasteiger partial charge in [-0.05, 0) is 62.6 Å². The molecule has 2 aliphatic rings. The lowest BCUT2D eigenvalue weighted by molar-refractivity contribution is -0.389. The Morgan fingerprint density at radius 2 is 1.57 bits per heavy atom. The highest BCUT2D eigenvalue weighted by molar-refractivity contribution is 5.27. The lowest BCUT2D eigenvalue weighted by atomic mass is 9.67. The van der Waals surface area contributed by atoms with E-state index < -0.39 is 5.79 Å². The minimum absolute atomic E-state index is 0.133. The molecule has 2 saturated heterocycles. The van der Waals surface area contributed by atoms with Crippen molar-refractivity contribution in [3.05, 3.63) is 29.8 Å². The number of hydroxylamine groups is 2. The van der Waals surface area contributed by atoms with Crippen molar-refractivity contribution in [3.8, 4) is 5.75 Å². The van der Waals surface area contributed by atoms with Gasteiger partial charge in [-0.1, -0.05) is 60.6 Å². The fraction of sp³-hybridized carbons (Fsp3) is 0.806. The molecule has 0 spiro atoms. The van der Waals surface area contributed by atoms with E-state index in [1.54, 1.807) is 0 Å². The van der Waals surface area contributed by atoms with Gasteiger partial charge in [0.25, 0.3) is 0 Å². The van der Waals surface area contributed by atoms with E-state index in [9.17, 15) is 0 Å². The number of epoxide rings is 1. The lowest BCUT2D eigenvalue weighted by Crippen LogP contribution is -2.72. The lowest BCUT2D eigenvalue weighted by Gasteiger charge is -2.63. The zero-order valence-electron chi connectivity index (χ0n) is 25.0. The summed E-state index contributed by atoms with van der Waals surface area (Å²) in [6, 6.07) is 8.35. The molecule has 0 N–H and O–H groups in total. The van der Waals surface area contributed by atoms with Crippen molar-refractivity contribution in [3.63, 3.8) is 0 Å². The summed E-state index contributed by atoms with van der Waals surface area (Å²) in [5, 5.41) is 2.31. The predicted octanol–water partition coefficient (Wildman–Crippen LogP) is 6.66. The van der Waals surface area contributed by atoms with Crippen LogP contribution in [-0.4, -0.2) is 61.1 Å². The minimum Gasteiger partial charge on any atom is -0.491 e. The quantitative estimate of drug-likeness (QED) is 0.191. The molecule has 2 aliphatic heterocycles. The predicted molar refractivity (Wildman–Crippen MR) is 149 cm³/mol. The highest BCUT2D eigenvalue weighted by Gasteiger charge is 2.61. The van der Waals surface area contributed by atoms with Crippen LogP contribution in [0.4, 0.5) is 0 Å². The first-order chi connectivity index (χ1) is 17.5. The summed E-state index contributed by atoms with van der Waals surface area (Å²) >= 11 is 0. The number of hydrogen-bond acceptors (Lipinski definition) is 6. The Hall–Kier alpha value is -1.18. The van der Waals surface area contributed by atoms with Gasteiger partial charge in [0, 0.05) is 17.9 Å². The number of ether oxygens (including phenoxy) is 4. The van der Waals surface area contributed by atoms with Crippen molar-refractivity contribution in [2.75, 3.05) is 33.0 Å². The summed E-state index contributed by atoms with van der Waals surface area (Å²) in [4.78, 5) is 6.71. The molecule has 0 bridgehead atoms. The molecule has 0 radical (unpaired) electrons. The third-order valence-corrected chi connectivity index (χ3v) is 8.35. The Morgan fingerprint density at radius 3 is 2.05 bits per heavy atom. The van der Waals surface area contributed by atoms with Crippen molar-refractivity contribution < 1.29 is 23.8 Å². The topological polar surface area (TPSA) is 52.7 Å². The van der Waals surface area contributed by atoms with Gasteiger partial charge in [0.05, 0.1) is 32.0 Å². The van der Waals surface area contributed by atoms with Gasteiger partial charge < -0.3 is 18.9 Å². The molecule has 3 rings (SSSR count). The van der Waals surface area contributed by atoms with E-state index in [0.717, 1.165) is 38.0 Å². The van der Waals surface area contributed by atoms with Gasteiger partial charge >= 0.3 is 0 Å². The molecule has 2 fully saturated rings. The monoisotopic (exact) mass is 519 g/mol. The Labute approximate surface area is 226 Å². The number of benzene rings is 1. The summed E-state index contributed by atoms with van der Waals surface area (Å²) in [6.07, 6.45) is 3.78. The van der Waals surface area contributed by atoms with Gasteiger partial charge in [-0.15, -0.1) is 0 Å². The molecule has 0 amide bonds. The first-order valence-electron chi connectivity index (χ1n) is 14.5. The highest BCUT2D eigenvalue weighted by Crippen LogP contribution is 2.52. The molecular weight excluding hydrogens is 466 g/mol. The largest absolute Gasteiger partial charge is 0.491 e. The van der Waals surface area contributed by atoms with Gasteiger partial charge in [0.15, 0.2) is 5.79 Å². The fourth-order valence-corrected chi connectivity index (χ4v) is 5.41. The normalized spacial score (nSPS) is 29.7. The Bertz CT molecular complexity index is 811. The SMILES string of the molecule is CCC1(C)CC(OCC(C)C)(OCC(C)C)C(C)C(C)(CC)N1OCCc1ccc(OCC2CO2)cc1. The maximum atomic E-state index is 6.74. The second-order valence-electron chi connectivity index (χ2n) is 12.5. The van der Waals surface area contributed by atoms with Gasteiger partial charge in [-0.25, -0.2) is 0 Å². The van der Waals surface area contributed by atoms with Crippen molar-refractivity contribution in [2.24, 2.45) is 17.8 Å². The second kappa shape index (κ2) is 12.8. The first-order valence-corrected chi connectivity index (χ1v) is 14.5. The van der Waals surface area contributed by atoms with Gasteiger partial charge in [0.2, 0.25) is 0 Å². The Balaban J connectivity index is 1.74. The molecule has 6 nitrogen and oxygen atoms in total. The molecule has 2 heterocycles. The smallest absolute Gasteiger partial charge is 0.174 e. The van der Waals surface area contributed by atoms with E-state index in [1.807, 2.05) is 12.1 Å². The van der Waals surface area contributed by atoms with Crippen molar-refractivity contribution in [1.29, 1.82) is 0 Å². The highest BCUT2D eigenvalue weighted by atomic mass is 16.7. The molecule has 37 heavy (non-hydrogen) atoms. The molecule has 212 valence electrons. The van der Waals surface area contributed by atoms with E-state index in [1.165, 1.54) is 5.56 Å². The third kappa shape index (κ3) is 7.48. The van der Waals surface area contributed by atoms with Crippen LogP contribution in [0.3, 0.4) is 0 Å². The summed E-state index contributed by atoms with van der Waals surface area (Å²) < 4.78 is 24.5.